The first-order valence-electron chi connectivity index (χ1n) is 7.12. The van der Waals surface area contributed by atoms with Crippen LogP contribution >= 0.6 is 0 Å². The van der Waals surface area contributed by atoms with E-state index in [0.29, 0.717) is 12.2 Å². The number of methoxy groups -OCH3 is 1. The van der Waals surface area contributed by atoms with Crippen molar-refractivity contribution in [2.24, 2.45) is 0 Å². The molecule has 0 bridgehead atoms. The molecule has 0 unspecified atom stereocenters. The molecule has 1 heterocycles. The standard InChI is InChI=1S/C16H23N3O2/c1-11-13-7-6-12(21-4)10-14(13)18-15(11)16(20)17-8-5-9-19(2)3/h6-7,10,18H,5,8-9H2,1-4H3,(H,17,20). The molecule has 2 N–H and O–H groups in total. The lowest BCUT2D eigenvalue weighted by Crippen LogP contribution is -2.27. The Bertz CT molecular complexity index is 632. The van der Waals surface area contributed by atoms with E-state index in [2.05, 4.69) is 15.2 Å². The number of H-pyrrole nitrogens is 1. The second kappa shape index (κ2) is 6.63. The number of carbonyl (C=O) groups excluding carboxylic acids is 1. The summed E-state index contributed by atoms with van der Waals surface area (Å²) in [7, 11) is 5.68. The van der Waals surface area contributed by atoms with Gasteiger partial charge >= 0.3 is 0 Å². The third-order valence-electron chi connectivity index (χ3n) is 3.56. The molecule has 0 saturated carbocycles. The molecule has 0 aliphatic rings. The Morgan fingerprint density at radius 1 is 1.38 bits per heavy atom. The van der Waals surface area contributed by atoms with Gasteiger partial charge in [-0.05, 0) is 51.7 Å². The minimum Gasteiger partial charge on any atom is -0.497 e. The summed E-state index contributed by atoms with van der Waals surface area (Å²) >= 11 is 0. The van der Waals surface area contributed by atoms with Crippen LogP contribution in [0.4, 0.5) is 0 Å². The SMILES string of the molecule is COc1ccc2c(C)c(C(=O)NCCCN(C)C)[nH]c2c1. The van der Waals surface area contributed by atoms with Gasteiger partial charge in [-0.3, -0.25) is 4.79 Å². The van der Waals surface area contributed by atoms with Crippen molar-refractivity contribution in [3.63, 3.8) is 0 Å². The van der Waals surface area contributed by atoms with Crippen LogP contribution in [0.1, 0.15) is 22.5 Å². The van der Waals surface area contributed by atoms with Crippen LogP contribution in [0.25, 0.3) is 10.9 Å². The number of rotatable bonds is 6. The lowest BCUT2D eigenvalue weighted by atomic mass is 10.1. The van der Waals surface area contributed by atoms with Crippen LogP contribution in [-0.4, -0.2) is 50.1 Å². The number of nitrogens with one attached hydrogen (secondary N) is 2. The molecule has 21 heavy (non-hydrogen) atoms. The summed E-state index contributed by atoms with van der Waals surface area (Å²) in [5.74, 6) is 0.725. The van der Waals surface area contributed by atoms with Gasteiger partial charge in [0, 0.05) is 23.5 Å². The second-order valence-corrected chi connectivity index (χ2v) is 5.45. The topological polar surface area (TPSA) is 57.4 Å². The van der Waals surface area contributed by atoms with Gasteiger partial charge in [-0.25, -0.2) is 0 Å². The Kier molecular flexibility index (Phi) is 4.85. The molecule has 0 spiro atoms. The van der Waals surface area contributed by atoms with Gasteiger partial charge in [0.25, 0.3) is 5.91 Å². The fourth-order valence-electron chi connectivity index (χ4n) is 2.36. The molecule has 0 atom stereocenters. The predicted octanol–water partition coefficient (Wildman–Crippen LogP) is 2.17. The van der Waals surface area contributed by atoms with E-state index in [1.54, 1.807) is 7.11 Å². The molecule has 1 aromatic heterocycles. The third-order valence-corrected chi connectivity index (χ3v) is 3.56. The van der Waals surface area contributed by atoms with Crippen LogP contribution < -0.4 is 10.1 Å². The van der Waals surface area contributed by atoms with Crippen LogP contribution in [0.15, 0.2) is 18.2 Å². The summed E-state index contributed by atoms with van der Waals surface area (Å²) in [4.78, 5) is 17.5. The van der Waals surface area contributed by atoms with E-state index >= 15 is 0 Å². The van der Waals surface area contributed by atoms with Crippen molar-refractivity contribution in [1.82, 2.24) is 15.2 Å². The zero-order valence-corrected chi connectivity index (χ0v) is 13.1. The highest BCUT2D eigenvalue weighted by Crippen LogP contribution is 2.25. The maximum atomic E-state index is 12.2. The van der Waals surface area contributed by atoms with Gasteiger partial charge in [0.1, 0.15) is 11.4 Å². The molecule has 5 heteroatoms. The highest BCUT2D eigenvalue weighted by atomic mass is 16.5. The number of nitrogens with zero attached hydrogens (tertiary/aromatic N) is 1. The Hall–Kier alpha value is -2.01. The maximum absolute atomic E-state index is 12.2. The second-order valence-electron chi connectivity index (χ2n) is 5.45. The monoisotopic (exact) mass is 289 g/mol. The summed E-state index contributed by atoms with van der Waals surface area (Å²) in [6.45, 7) is 3.60. The quantitative estimate of drug-likeness (QED) is 0.801. The molecule has 0 saturated heterocycles. The Balaban J connectivity index is 2.10. The van der Waals surface area contributed by atoms with E-state index in [0.717, 1.165) is 35.2 Å². The molecule has 2 rings (SSSR count). The third kappa shape index (κ3) is 3.55. The minimum absolute atomic E-state index is 0.0542. The molecule has 5 nitrogen and oxygen atoms in total. The van der Waals surface area contributed by atoms with Gasteiger partial charge in [-0.1, -0.05) is 0 Å². The summed E-state index contributed by atoms with van der Waals surface area (Å²) in [6.07, 6.45) is 0.936. The van der Waals surface area contributed by atoms with Gasteiger partial charge in [-0.2, -0.15) is 0 Å². The van der Waals surface area contributed by atoms with Crippen molar-refractivity contribution < 1.29 is 9.53 Å². The first kappa shape index (κ1) is 15.4. The molecular formula is C16H23N3O2. The van der Waals surface area contributed by atoms with Gasteiger partial charge in [0.15, 0.2) is 0 Å². The van der Waals surface area contributed by atoms with E-state index in [9.17, 15) is 4.79 Å². The van der Waals surface area contributed by atoms with Gasteiger partial charge in [-0.15, -0.1) is 0 Å². The van der Waals surface area contributed by atoms with E-state index in [1.165, 1.54) is 0 Å². The lowest BCUT2D eigenvalue weighted by molar-refractivity contribution is 0.0947. The van der Waals surface area contributed by atoms with Crippen LogP contribution in [0.5, 0.6) is 5.75 Å². The summed E-state index contributed by atoms with van der Waals surface area (Å²) in [6, 6.07) is 5.79. The number of hydrogen-bond acceptors (Lipinski definition) is 3. The van der Waals surface area contributed by atoms with Crippen molar-refractivity contribution in [3.05, 3.63) is 29.5 Å². The molecule has 0 fully saturated rings. The lowest BCUT2D eigenvalue weighted by Gasteiger charge is -2.09. The van der Waals surface area contributed by atoms with Crippen LogP contribution in [0.2, 0.25) is 0 Å². The average molecular weight is 289 g/mol. The molecule has 1 aromatic carbocycles. The zero-order chi connectivity index (χ0) is 15.4. The minimum atomic E-state index is -0.0542. The molecule has 0 aliphatic carbocycles. The van der Waals surface area contributed by atoms with Crippen LogP contribution in [0, 0.1) is 6.92 Å². The maximum Gasteiger partial charge on any atom is 0.268 e. The number of amides is 1. The number of fused-ring (bicyclic) bond motifs is 1. The number of hydrogen-bond donors (Lipinski definition) is 2. The number of aryl methyl sites for hydroxylation is 1. The fraction of sp³-hybridized carbons (Fsp3) is 0.438. The van der Waals surface area contributed by atoms with Crippen molar-refractivity contribution in [2.75, 3.05) is 34.3 Å². The first-order valence-corrected chi connectivity index (χ1v) is 7.12. The molecule has 1 amide bonds. The molecular weight excluding hydrogens is 266 g/mol. The number of benzene rings is 1. The van der Waals surface area contributed by atoms with Crippen molar-refractivity contribution in [3.8, 4) is 5.75 Å². The normalized spacial score (nSPS) is 11.1. The molecule has 0 aliphatic heterocycles. The fourth-order valence-corrected chi connectivity index (χ4v) is 2.36. The molecule has 0 radical (unpaired) electrons. The van der Waals surface area contributed by atoms with E-state index in [4.69, 9.17) is 4.74 Å². The Morgan fingerprint density at radius 3 is 2.81 bits per heavy atom. The van der Waals surface area contributed by atoms with Gasteiger partial charge in [0.2, 0.25) is 0 Å². The highest BCUT2D eigenvalue weighted by Gasteiger charge is 2.14. The largest absolute Gasteiger partial charge is 0.497 e. The van der Waals surface area contributed by atoms with Gasteiger partial charge in [0.05, 0.1) is 7.11 Å². The average Bonchev–Trinajstić information content (AvgIpc) is 2.79. The summed E-state index contributed by atoms with van der Waals surface area (Å²) in [5.41, 5.74) is 2.52. The van der Waals surface area contributed by atoms with Crippen molar-refractivity contribution in [1.29, 1.82) is 0 Å². The van der Waals surface area contributed by atoms with Crippen molar-refractivity contribution in [2.45, 2.75) is 13.3 Å². The summed E-state index contributed by atoms with van der Waals surface area (Å²) in [5, 5.41) is 4.01. The predicted molar refractivity (Wildman–Crippen MR) is 85.1 cm³/mol. The smallest absolute Gasteiger partial charge is 0.268 e. The number of ether oxygens (including phenoxy) is 1. The highest BCUT2D eigenvalue weighted by molar-refractivity contribution is 6.01. The number of aromatic amines is 1. The molecule has 2 aromatic rings. The zero-order valence-electron chi connectivity index (χ0n) is 13.1. The number of carbonyl (C=O) groups is 1. The summed E-state index contributed by atoms with van der Waals surface area (Å²) < 4.78 is 5.21. The first-order chi connectivity index (χ1) is 10.0. The van der Waals surface area contributed by atoms with Gasteiger partial charge < -0.3 is 19.9 Å². The Morgan fingerprint density at radius 2 is 2.14 bits per heavy atom. The molecule has 114 valence electrons. The van der Waals surface area contributed by atoms with Crippen LogP contribution in [0.3, 0.4) is 0 Å². The van der Waals surface area contributed by atoms with Crippen molar-refractivity contribution >= 4 is 16.8 Å². The Labute approximate surface area is 125 Å². The number of aromatic nitrogens is 1. The van der Waals surface area contributed by atoms with E-state index < -0.39 is 0 Å². The van der Waals surface area contributed by atoms with E-state index in [-0.39, 0.29) is 5.91 Å². The van der Waals surface area contributed by atoms with Crippen LogP contribution in [-0.2, 0) is 0 Å². The van der Waals surface area contributed by atoms with E-state index in [1.807, 2.05) is 39.2 Å².